The standard InChI is InChI=1S/C11H21N.C2H6/c1-8-4-10-6-9(2)12(3)11(5-8)7-10;1-2/h8-11H,4-7H2,1-3H3;1-2H3. The smallest absolute Gasteiger partial charge is 0.0100 e. The van der Waals surface area contributed by atoms with E-state index in [1.165, 1.54) is 25.7 Å². The van der Waals surface area contributed by atoms with Crippen molar-refractivity contribution < 1.29 is 0 Å². The van der Waals surface area contributed by atoms with Crippen LogP contribution in [-0.4, -0.2) is 24.0 Å². The molecule has 4 unspecified atom stereocenters. The van der Waals surface area contributed by atoms with E-state index < -0.39 is 0 Å². The Morgan fingerprint density at radius 1 is 0.929 bits per heavy atom. The number of hydrogen-bond acceptors (Lipinski definition) is 1. The summed E-state index contributed by atoms with van der Waals surface area (Å²) in [4.78, 5) is 2.60. The van der Waals surface area contributed by atoms with E-state index in [0.29, 0.717) is 0 Å². The van der Waals surface area contributed by atoms with Crippen LogP contribution in [0.5, 0.6) is 0 Å². The Balaban J connectivity index is 0.000000461. The van der Waals surface area contributed by atoms with E-state index in [-0.39, 0.29) is 0 Å². The van der Waals surface area contributed by atoms with Gasteiger partial charge in [0.1, 0.15) is 0 Å². The molecule has 0 aromatic carbocycles. The summed E-state index contributed by atoms with van der Waals surface area (Å²) >= 11 is 0. The van der Waals surface area contributed by atoms with Gasteiger partial charge < -0.3 is 4.90 Å². The number of likely N-dealkylation sites (tertiary alicyclic amines) is 1. The Hall–Kier alpha value is -0.0400. The molecule has 1 heterocycles. The summed E-state index contributed by atoms with van der Waals surface area (Å²) in [5.41, 5.74) is 0. The highest BCUT2D eigenvalue weighted by atomic mass is 15.2. The molecule has 2 fully saturated rings. The third-order valence-corrected chi connectivity index (χ3v) is 3.96. The molecule has 0 aromatic rings. The zero-order chi connectivity index (χ0) is 10.7. The average molecular weight is 197 g/mol. The highest BCUT2D eigenvalue weighted by Crippen LogP contribution is 2.39. The van der Waals surface area contributed by atoms with Crippen LogP contribution in [-0.2, 0) is 0 Å². The van der Waals surface area contributed by atoms with Gasteiger partial charge >= 0.3 is 0 Å². The second kappa shape index (κ2) is 5.16. The van der Waals surface area contributed by atoms with Crippen molar-refractivity contribution in [3.63, 3.8) is 0 Å². The highest BCUT2D eigenvalue weighted by Gasteiger charge is 2.35. The zero-order valence-electron chi connectivity index (χ0n) is 10.6. The minimum absolute atomic E-state index is 0.834. The molecule has 84 valence electrons. The summed E-state index contributed by atoms with van der Waals surface area (Å²) in [5, 5.41) is 0. The molecule has 1 saturated heterocycles. The summed E-state index contributed by atoms with van der Waals surface area (Å²) in [7, 11) is 2.31. The molecule has 2 rings (SSSR count). The number of hydrogen-bond donors (Lipinski definition) is 0. The van der Waals surface area contributed by atoms with Crippen molar-refractivity contribution in [2.24, 2.45) is 11.8 Å². The van der Waals surface area contributed by atoms with E-state index in [4.69, 9.17) is 0 Å². The molecule has 4 atom stereocenters. The maximum absolute atomic E-state index is 2.60. The van der Waals surface area contributed by atoms with Gasteiger partial charge in [-0.05, 0) is 51.5 Å². The van der Waals surface area contributed by atoms with Crippen LogP contribution in [0.3, 0.4) is 0 Å². The molecule has 0 N–H and O–H groups in total. The van der Waals surface area contributed by atoms with Crippen molar-refractivity contribution in [3.8, 4) is 0 Å². The summed E-state index contributed by atoms with van der Waals surface area (Å²) in [6, 6.07) is 1.74. The van der Waals surface area contributed by atoms with Crippen molar-refractivity contribution in [3.05, 3.63) is 0 Å². The van der Waals surface area contributed by atoms with E-state index in [1.54, 1.807) is 0 Å². The minimum atomic E-state index is 0.834. The van der Waals surface area contributed by atoms with E-state index in [9.17, 15) is 0 Å². The topological polar surface area (TPSA) is 3.24 Å². The Morgan fingerprint density at radius 3 is 2.21 bits per heavy atom. The Labute approximate surface area is 89.9 Å². The van der Waals surface area contributed by atoms with Crippen molar-refractivity contribution >= 4 is 0 Å². The second-order valence-electron chi connectivity index (χ2n) is 5.08. The predicted molar refractivity (Wildman–Crippen MR) is 63.5 cm³/mol. The van der Waals surface area contributed by atoms with Gasteiger partial charge in [-0.1, -0.05) is 20.8 Å². The lowest BCUT2D eigenvalue weighted by atomic mass is 9.73. The van der Waals surface area contributed by atoms with Gasteiger partial charge in [0.15, 0.2) is 0 Å². The molecule has 14 heavy (non-hydrogen) atoms. The molecular formula is C13H27N. The van der Waals surface area contributed by atoms with Crippen LogP contribution < -0.4 is 0 Å². The Bertz CT molecular complexity index is 163. The lowest BCUT2D eigenvalue weighted by molar-refractivity contribution is 0.0319. The first-order valence-corrected chi connectivity index (χ1v) is 6.38. The third kappa shape index (κ3) is 2.50. The van der Waals surface area contributed by atoms with Gasteiger partial charge in [0, 0.05) is 12.1 Å². The number of piperidine rings is 1. The molecule has 1 saturated carbocycles. The molecule has 1 heteroatoms. The van der Waals surface area contributed by atoms with Crippen molar-refractivity contribution in [1.82, 2.24) is 4.90 Å². The van der Waals surface area contributed by atoms with Crippen LogP contribution in [0.4, 0.5) is 0 Å². The van der Waals surface area contributed by atoms with Gasteiger partial charge in [0.25, 0.3) is 0 Å². The quantitative estimate of drug-likeness (QED) is 0.574. The molecule has 0 amide bonds. The van der Waals surface area contributed by atoms with E-state index in [2.05, 4.69) is 25.8 Å². The van der Waals surface area contributed by atoms with Crippen LogP contribution in [0.15, 0.2) is 0 Å². The molecule has 1 nitrogen and oxygen atoms in total. The summed E-state index contributed by atoms with van der Waals surface area (Å²) < 4.78 is 0. The van der Waals surface area contributed by atoms with Gasteiger partial charge in [0.2, 0.25) is 0 Å². The minimum Gasteiger partial charge on any atom is -0.301 e. The molecule has 0 spiro atoms. The SMILES string of the molecule is CC.CC1CC2CC(C)N(C)C(C1)C2. The normalized spacial score (nSPS) is 42.6. The van der Waals surface area contributed by atoms with Crippen LogP contribution in [0.1, 0.15) is 53.4 Å². The first-order chi connectivity index (χ1) is 6.66. The summed E-state index contributed by atoms with van der Waals surface area (Å²) in [6.07, 6.45) is 5.86. The van der Waals surface area contributed by atoms with Crippen molar-refractivity contribution in [1.29, 1.82) is 0 Å². The highest BCUT2D eigenvalue weighted by molar-refractivity contribution is 4.90. The van der Waals surface area contributed by atoms with Crippen LogP contribution in [0.2, 0.25) is 0 Å². The van der Waals surface area contributed by atoms with Gasteiger partial charge in [-0.3, -0.25) is 0 Å². The molecule has 0 aromatic heterocycles. The lowest BCUT2D eigenvalue weighted by Crippen LogP contribution is -2.48. The number of nitrogens with zero attached hydrogens (tertiary/aromatic N) is 1. The van der Waals surface area contributed by atoms with Gasteiger partial charge in [-0.15, -0.1) is 0 Å². The Morgan fingerprint density at radius 2 is 1.57 bits per heavy atom. The van der Waals surface area contributed by atoms with Crippen molar-refractivity contribution in [2.75, 3.05) is 7.05 Å². The third-order valence-electron chi connectivity index (χ3n) is 3.96. The van der Waals surface area contributed by atoms with Gasteiger partial charge in [-0.25, -0.2) is 0 Å². The van der Waals surface area contributed by atoms with Crippen molar-refractivity contribution in [2.45, 2.75) is 65.5 Å². The fourth-order valence-corrected chi connectivity index (χ4v) is 3.24. The fourth-order valence-electron chi connectivity index (χ4n) is 3.24. The molecular weight excluding hydrogens is 170 g/mol. The molecule has 0 radical (unpaired) electrons. The lowest BCUT2D eigenvalue weighted by Gasteiger charge is -2.47. The number of rotatable bonds is 0. The van der Waals surface area contributed by atoms with Crippen LogP contribution in [0, 0.1) is 11.8 Å². The first-order valence-electron chi connectivity index (χ1n) is 6.38. The predicted octanol–water partition coefficient (Wildman–Crippen LogP) is 3.54. The maximum atomic E-state index is 2.60. The first kappa shape index (κ1) is 12.0. The van der Waals surface area contributed by atoms with Crippen LogP contribution >= 0.6 is 0 Å². The second-order valence-corrected chi connectivity index (χ2v) is 5.08. The van der Waals surface area contributed by atoms with E-state index in [0.717, 1.165) is 23.9 Å². The molecule has 1 aliphatic carbocycles. The molecule has 2 aliphatic rings. The number of fused-ring (bicyclic) bond motifs is 2. The monoisotopic (exact) mass is 197 g/mol. The van der Waals surface area contributed by atoms with E-state index >= 15 is 0 Å². The maximum Gasteiger partial charge on any atom is 0.0100 e. The fraction of sp³-hybridized carbons (Fsp3) is 1.00. The van der Waals surface area contributed by atoms with E-state index in [1.807, 2.05) is 13.8 Å². The van der Waals surface area contributed by atoms with Crippen LogP contribution in [0.25, 0.3) is 0 Å². The summed E-state index contributed by atoms with van der Waals surface area (Å²) in [6.45, 7) is 8.80. The largest absolute Gasteiger partial charge is 0.301 e. The average Bonchev–Trinajstić information content (AvgIpc) is 2.17. The molecule has 2 bridgehead atoms. The zero-order valence-corrected chi connectivity index (χ0v) is 10.6. The van der Waals surface area contributed by atoms with Gasteiger partial charge in [-0.2, -0.15) is 0 Å². The van der Waals surface area contributed by atoms with Gasteiger partial charge in [0.05, 0.1) is 0 Å². The Kier molecular flexibility index (Phi) is 4.43. The molecule has 1 aliphatic heterocycles. The summed E-state index contributed by atoms with van der Waals surface area (Å²) in [5.74, 6) is 2.02.